The smallest absolute Gasteiger partial charge is 0.00723 e. The zero-order valence-corrected chi connectivity index (χ0v) is 10.5. The Hall–Kier alpha value is 0.310. The molecule has 0 aromatic carbocycles. The van der Waals surface area contributed by atoms with Crippen molar-refractivity contribution < 1.29 is 0 Å². The Bertz CT molecular complexity index is 106. The van der Waals surface area contributed by atoms with Crippen LogP contribution < -0.4 is 0 Å². The molecule has 0 fully saturated rings. The van der Waals surface area contributed by atoms with E-state index in [0.29, 0.717) is 0 Å². The fraction of sp³-hybridized carbons (Fsp3) is 1.00. The zero-order chi connectivity index (χ0) is 10.1. The van der Waals surface area contributed by atoms with Crippen LogP contribution in [-0.4, -0.2) is 36.0 Å². The number of thioether (sulfide) groups is 1. The van der Waals surface area contributed by atoms with Gasteiger partial charge in [-0.1, -0.05) is 34.1 Å². The summed E-state index contributed by atoms with van der Waals surface area (Å²) in [4.78, 5) is 2.57. The molecule has 0 heterocycles. The average Bonchev–Trinajstić information content (AvgIpc) is 2.16. The van der Waals surface area contributed by atoms with Crippen molar-refractivity contribution in [2.24, 2.45) is 5.92 Å². The molecule has 0 bridgehead atoms. The normalized spacial score (nSPS) is 13.6. The second-order valence-electron chi connectivity index (χ2n) is 3.60. The summed E-state index contributed by atoms with van der Waals surface area (Å²) in [6.45, 7) is 12.9. The van der Waals surface area contributed by atoms with E-state index < -0.39 is 0 Å². The van der Waals surface area contributed by atoms with Crippen LogP contribution in [0.25, 0.3) is 0 Å². The van der Waals surface area contributed by atoms with Crippen molar-refractivity contribution in [2.75, 3.05) is 31.1 Å². The summed E-state index contributed by atoms with van der Waals surface area (Å²) in [5.74, 6) is 3.40. The van der Waals surface area contributed by atoms with E-state index >= 15 is 0 Å². The Morgan fingerprint density at radius 3 is 2.38 bits per heavy atom. The Balaban J connectivity index is 3.50. The lowest BCUT2D eigenvalue weighted by molar-refractivity contribution is 0.260. The lowest BCUT2D eigenvalue weighted by Crippen LogP contribution is -2.30. The van der Waals surface area contributed by atoms with E-state index in [1.165, 1.54) is 37.6 Å². The molecule has 1 unspecified atom stereocenters. The molecule has 2 heteroatoms. The SMILES string of the molecule is CCSCCN(CC)CC(C)CC. The zero-order valence-electron chi connectivity index (χ0n) is 9.68. The van der Waals surface area contributed by atoms with E-state index in [1.807, 2.05) is 11.8 Å². The van der Waals surface area contributed by atoms with Crippen LogP contribution in [-0.2, 0) is 0 Å². The molecule has 0 saturated heterocycles. The van der Waals surface area contributed by atoms with Gasteiger partial charge in [-0.15, -0.1) is 0 Å². The second kappa shape index (κ2) is 8.89. The van der Waals surface area contributed by atoms with E-state index in [-0.39, 0.29) is 0 Å². The van der Waals surface area contributed by atoms with E-state index in [0.717, 1.165) is 5.92 Å². The maximum absolute atomic E-state index is 2.57. The quantitative estimate of drug-likeness (QED) is 0.558. The molecule has 0 aliphatic carbocycles. The van der Waals surface area contributed by atoms with Crippen LogP contribution >= 0.6 is 11.8 Å². The van der Waals surface area contributed by atoms with Gasteiger partial charge in [0.05, 0.1) is 0 Å². The first-order chi connectivity index (χ1) is 6.24. The predicted molar refractivity (Wildman–Crippen MR) is 64.6 cm³/mol. The van der Waals surface area contributed by atoms with Crippen LogP contribution in [0.15, 0.2) is 0 Å². The molecular weight excluding hydrogens is 178 g/mol. The summed E-state index contributed by atoms with van der Waals surface area (Å²) < 4.78 is 0. The van der Waals surface area contributed by atoms with Gasteiger partial charge in [-0.25, -0.2) is 0 Å². The van der Waals surface area contributed by atoms with Gasteiger partial charge in [0.15, 0.2) is 0 Å². The van der Waals surface area contributed by atoms with Crippen molar-refractivity contribution in [1.82, 2.24) is 4.90 Å². The molecule has 0 spiro atoms. The van der Waals surface area contributed by atoms with Gasteiger partial charge in [-0.05, 0) is 18.2 Å². The molecule has 0 radical (unpaired) electrons. The lowest BCUT2D eigenvalue weighted by Gasteiger charge is -2.23. The van der Waals surface area contributed by atoms with Gasteiger partial charge in [0.1, 0.15) is 0 Å². The molecule has 0 aromatic heterocycles. The number of hydrogen-bond donors (Lipinski definition) is 0. The summed E-state index contributed by atoms with van der Waals surface area (Å²) in [7, 11) is 0. The molecule has 13 heavy (non-hydrogen) atoms. The Labute approximate surface area is 88.3 Å². The standard InChI is InChI=1S/C11H25NS/c1-5-11(4)10-12(6-2)8-9-13-7-3/h11H,5-10H2,1-4H3. The lowest BCUT2D eigenvalue weighted by atomic mass is 10.1. The molecule has 0 aliphatic heterocycles. The highest BCUT2D eigenvalue weighted by Gasteiger charge is 2.05. The Kier molecular flexibility index (Phi) is 9.10. The average molecular weight is 203 g/mol. The van der Waals surface area contributed by atoms with Gasteiger partial charge in [-0.3, -0.25) is 0 Å². The largest absolute Gasteiger partial charge is 0.303 e. The maximum Gasteiger partial charge on any atom is 0.00723 e. The minimum atomic E-state index is 0.853. The van der Waals surface area contributed by atoms with Crippen molar-refractivity contribution in [3.63, 3.8) is 0 Å². The van der Waals surface area contributed by atoms with Gasteiger partial charge in [-0.2, -0.15) is 11.8 Å². The van der Waals surface area contributed by atoms with Crippen molar-refractivity contribution in [2.45, 2.75) is 34.1 Å². The second-order valence-corrected chi connectivity index (χ2v) is 5.00. The minimum Gasteiger partial charge on any atom is -0.303 e. The Morgan fingerprint density at radius 2 is 1.92 bits per heavy atom. The third kappa shape index (κ3) is 7.39. The number of rotatable bonds is 8. The van der Waals surface area contributed by atoms with Crippen LogP contribution in [0.2, 0.25) is 0 Å². The Morgan fingerprint density at radius 1 is 1.23 bits per heavy atom. The summed E-state index contributed by atoms with van der Waals surface area (Å²) >= 11 is 2.04. The van der Waals surface area contributed by atoms with Gasteiger partial charge in [0.2, 0.25) is 0 Å². The first-order valence-corrected chi connectivity index (χ1v) is 6.70. The third-order valence-electron chi connectivity index (χ3n) is 2.47. The summed E-state index contributed by atoms with van der Waals surface area (Å²) in [5, 5.41) is 0. The topological polar surface area (TPSA) is 3.24 Å². The summed E-state index contributed by atoms with van der Waals surface area (Å²) in [5.41, 5.74) is 0. The van der Waals surface area contributed by atoms with Crippen LogP contribution in [0.5, 0.6) is 0 Å². The summed E-state index contributed by atoms with van der Waals surface area (Å²) in [6, 6.07) is 0. The van der Waals surface area contributed by atoms with Crippen LogP contribution in [0.4, 0.5) is 0 Å². The fourth-order valence-electron chi connectivity index (χ4n) is 1.29. The highest BCUT2D eigenvalue weighted by Crippen LogP contribution is 2.06. The monoisotopic (exact) mass is 203 g/mol. The van der Waals surface area contributed by atoms with Crippen molar-refractivity contribution >= 4 is 11.8 Å². The third-order valence-corrected chi connectivity index (χ3v) is 3.35. The van der Waals surface area contributed by atoms with E-state index in [2.05, 4.69) is 32.6 Å². The molecule has 1 nitrogen and oxygen atoms in total. The van der Waals surface area contributed by atoms with Crippen molar-refractivity contribution in [1.29, 1.82) is 0 Å². The van der Waals surface area contributed by atoms with Crippen LogP contribution in [0, 0.1) is 5.92 Å². The maximum atomic E-state index is 2.57. The van der Waals surface area contributed by atoms with Gasteiger partial charge < -0.3 is 4.90 Å². The van der Waals surface area contributed by atoms with Crippen molar-refractivity contribution in [3.8, 4) is 0 Å². The first kappa shape index (κ1) is 13.3. The van der Waals surface area contributed by atoms with Gasteiger partial charge >= 0.3 is 0 Å². The van der Waals surface area contributed by atoms with Gasteiger partial charge in [0.25, 0.3) is 0 Å². The molecule has 1 atom stereocenters. The number of nitrogens with zero attached hydrogens (tertiary/aromatic N) is 1. The minimum absolute atomic E-state index is 0.853. The molecule has 0 aromatic rings. The van der Waals surface area contributed by atoms with E-state index in [1.54, 1.807) is 0 Å². The molecule has 0 rings (SSSR count). The molecule has 0 aliphatic rings. The molecule has 0 amide bonds. The van der Waals surface area contributed by atoms with Crippen LogP contribution in [0.3, 0.4) is 0 Å². The van der Waals surface area contributed by atoms with E-state index in [9.17, 15) is 0 Å². The molecule has 0 saturated carbocycles. The predicted octanol–water partition coefficient (Wildman–Crippen LogP) is 3.11. The summed E-state index contributed by atoms with van der Waals surface area (Å²) in [6.07, 6.45) is 1.30. The van der Waals surface area contributed by atoms with Crippen LogP contribution in [0.1, 0.15) is 34.1 Å². The molecule has 80 valence electrons. The highest BCUT2D eigenvalue weighted by molar-refractivity contribution is 7.99. The fourth-order valence-corrected chi connectivity index (χ4v) is 1.96. The first-order valence-electron chi connectivity index (χ1n) is 5.54. The molecule has 0 N–H and O–H groups in total. The highest BCUT2D eigenvalue weighted by atomic mass is 32.2. The number of hydrogen-bond acceptors (Lipinski definition) is 2. The molecular formula is C11H25NS. The van der Waals surface area contributed by atoms with Gasteiger partial charge in [0, 0.05) is 18.8 Å². The van der Waals surface area contributed by atoms with Crippen molar-refractivity contribution in [3.05, 3.63) is 0 Å². The van der Waals surface area contributed by atoms with E-state index in [4.69, 9.17) is 0 Å².